The van der Waals surface area contributed by atoms with Gasteiger partial charge >= 0.3 is 0 Å². The van der Waals surface area contributed by atoms with Gasteiger partial charge in [-0.3, -0.25) is 9.88 Å². The molecule has 1 unspecified atom stereocenters. The van der Waals surface area contributed by atoms with Crippen molar-refractivity contribution in [3.8, 4) is 0 Å². The fourth-order valence-electron chi connectivity index (χ4n) is 1.78. The first kappa shape index (κ1) is 12.2. The molecule has 0 saturated heterocycles. The molecule has 2 aromatic heterocycles. The molecule has 2 heterocycles. The fraction of sp³-hybridized carbons (Fsp3) is 0.333. The summed E-state index contributed by atoms with van der Waals surface area (Å²) in [5, 5.41) is 2.06. The highest BCUT2D eigenvalue weighted by atomic mass is 32.1. The number of pyridine rings is 1. The minimum absolute atomic E-state index is 0.137. The molecule has 0 saturated carbocycles. The lowest BCUT2D eigenvalue weighted by molar-refractivity contribution is 0.235. The van der Waals surface area contributed by atoms with Crippen LogP contribution in [0.1, 0.15) is 17.4 Å². The topological polar surface area (TPSA) is 55.0 Å². The van der Waals surface area contributed by atoms with Crippen molar-refractivity contribution in [1.29, 1.82) is 0 Å². The molecule has 1 atom stereocenters. The van der Waals surface area contributed by atoms with Crippen molar-refractivity contribution in [3.05, 3.63) is 46.7 Å². The molecule has 5 heteroatoms. The first-order chi connectivity index (χ1) is 8.31. The Kier molecular flexibility index (Phi) is 4.19. The average Bonchev–Trinajstić information content (AvgIpc) is 2.84. The summed E-state index contributed by atoms with van der Waals surface area (Å²) in [6.07, 6.45) is 1.80. The third-order valence-corrected chi connectivity index (χ3v) is 3.31. The predicted octanol–water partition coefficient (Wildman–Crippen LogP) is 1.67. The third kappa shape index (κ3) is 3.09. The van der Waals surface area contributed by atoms with Crippen molar-refractivity contribution in [2.45, 2.75) is 12.6 Å². The molecule has 2 aromatic rings. The van der Waals surface area contributed by atoms with Crippen LogP contribution >= 0.6 is 11.3 Å². The second kappa shape index (κ2) is 5.86. The van der Waals surface area contributed by atoms with Crippen LogP contribution < -0.4 is 5.73 Å². The summed E-state index contributed by atoms with van der Waals surface area (Å²) in [4.78, 5) is 10.8. The SMILES string of the molecule is CN(Cc1cscn1)C(CN)c1ccccn1. The number of thiazole rings is 1. The van der Waals surface area contributed by atoms with Crippen LogP contribution in [-0.2, 0) is 6.54 Å². The summed E-state index contributed by atoms with van der Waals surface area (Å²) < 4.78 is 0. The van der Waals surface area contributed by atoms with E-state index in [9.17, 15) is 0 Å². The van der Waals surface area contributed by atoms with Crippen LogP contribution in [0.3, 0.4) is 0 Å². The molecular weight excluding hydrogens is 232 g/mol. The van der Waals surface area contributed by atoms with Crippen molar-refractivity contribution in [2.75, 3.05) is 13.6 Å². The molecule has 0 fully saturated rings. The highest BCUT2D eigenvalue weighted by Crippen LogP contribution is 2.17. The lowest BCUT2D eigenvalue weighted by atomic mass is 10.1. The van der Waals surface area contributed by atoms with Gasteiger partial charge in [-0.1, -0.05) is 6.07 Å². The van der Waals surface area contributed by atoms with E-state index in [1.165, 1.54) is 0 Å². The number of nitrogens with zero attached hydrogens (tertiary/aromatic N) is 3. The Labute approximate surface area is 105 Å². The van der Waals surface area contributed by atoms with E-state index in [0.717, 1.165) is 17.9 Å². The predicted molar refractivity (Wildman–Crippen MR) is 69.6 cm³/mol. The summed E-state index contributed by atoms with van der Waals surface area (Å²) in [5.41, 5.74) is 9.77. The molecule has 0 aliphatic heterocycles. The van der Waals surface area contributed by atoms with Gasteiger partial charge in [-0.2, -0.15) is 0 Å². The lowest BCUT2D eigenvalue weighted by Gasteiger charge is -2.25. The first-order valence-electron chi connectivity index (χ1n) is 5.49. The van der Waals surface area contributed by atoms with Crippen LogP contribution in [-0.4, -0.2) is 28.5 Å². The van der Waals surface area contributed by atoms with E-state index in [1.807, 2.05) is 30.8 Å². The maximum absolute atomic E-state index is 5.84. The van der Waals surface area contributed by atoms with Crippen molar-refractivity contribution in [1.82, 2.24) is 14.9 Å². The molecule has 0 aliphatic rings. The minimum Gasteiger partial charge on any atom is -0.329 e. The van der Waals surface area contributed by atoms with Crippen LogP contribution in [0.2, 0.25) is 0 Å². The van der Waals surface area contributed by atoms with Gasteiger partial charge in [0.2, 0.25) is 0 Å². The van der Waals surface area contributed by atoms with Gasteiger partial charge in [0.05, 0.1) is 22.9 Å². The minimum atomic E-state index is 0.137. The molecule has 0 aliphatic carbocycles. The van der Waals surface area contributed by atoms with Gasteiger partial charge < -0.3 is 5.73 Å². The van der Waals surface area contributed by atoms with E-state index >= 15 is 0 Å². The molecule has 0 amide bonds. The van der Waals surface area contributed by atoms with Crippen molar-refractivity contribution < 1.29 is 0 Å². The lowest BCUT2D eigenvalue weighted by Crippen LogP contribution is -2.30. The normalized spacial score (nSPS) is 12.9. The van der Waals surface area contributed by atoms with E-state index < -0.39 is 0 Å². The number of nitrogens with two attached hydrogens (primary N) is 1. The Morgan fingerprint density at radius 2 is 2.29 bits per heavy atom. The van der Waals surface area contributed by atoms with Crippen molar-refractivity contribution in [2.24, 2.45) is 5.73 Å². The standard InChI is InChI=1S/C12H16N4S/c1-16(7-10-8-17-9-15-10)12(6-13)11-4-2-3-5-14-11/h2-5,8-9,12H,6-7,13H2,1H3. The molecule has 0 bridgehead atoms. The first-order valence-corrected chi connectivity index (χ1v) is 6.44. The highest BCUT2D eigenvalue weighted by molar-refractivity contribution is 7.07. The molecule has 4 nitrogen and oxygen atoms in total. The molecule has 0 aromatic carbocycles. The van der Waals surface area contributed by atoms with Gasteiger partial charge in [-0.25, -0.2) is 4.98 Å². The fourth-order valence-corrected chi connectivity index (χ4v) is 2.33. The zero-order valence-corrected chi connectivity index (χ0v) is 10.6. The van der Waals surface area contributed by atoms with Crippen LogP contribution in [0, 0.1) is 0 Å². The van der Waals surface area contributed by atoms with E-state index in [4.69, 9.17) is 5.73 Å². The van der Waals surface area contributed by atoms with Crippen LogP contribution in [0.5, 0.6) is 0 Å². The second-order valence-corrected chi connectivity index (χ2v) is 4.62. The number of hydrogen-bond donors (Lipinski definition) is 1. The molecule has 2 rings (SSSR count). The van der Waals surface area contributed by atoms with Gasteiger partial charge in [-0.05, 0) is 19.2 Å². The molecule has 2 N–H and O–H groups in total. The van der Waals surface area contributed by atoms with Gasteiger partial charge in [0.25, 0.3) is 0 Å². The number of aromatic nitrogens is 2. The molecule has 90 valence electrons. The van der Waals surface area contributed by atoms with Crippen LogP contribution in [0.25, 0.3) is 0 Å². The monoisotopic (exact) mass is 248 g/mol. The van der Waals surface area contributed by atoms with E-state index in [0.29, 0.717) is 6.54 Å². The van der Waals surface area contributed by atoms with Crippen LogP contribution in [0.15, 0.2) is 35.3 Å². The van der Waals surface area contributed by atoms with Gasteiger partial charge in [0, 0.05) is 24.7 Å². The zero-order valence-electron chi connectivity index (χ0n) is 9.78. The smallest absolute Gasteiger partial charge is 0.0795 e. The quantitative estimate of drug-likeness (QED) is 0.874. The van der Waals surface area contributed by atoms with E-state index in [-0.39, 0.29) is 6.04 Å². The maximum Gasteiger partial charge on any atom is 0.0795 e. The Morgan fingerprint density at radius 1 is 1.41 bits per heavy atom. The van der Waals surface area contributed by atoms with Gasteiger partial charge in [0.15, 0.2) is 0 Å². The highest BCUT2D eigenvalue weighted by Gasteiger charge is 2.16. The number of hydrogen-bond acceptors (Lipinski definition) is 5. The molecular formula is C12H16N4S. The van der Waals surface area contributed by atoms with Crippen LogP contribution in [0.4, 0.5) is 0 Å². The van der Waals surface area contributed by atoms with E-state index in [1.54, 1.807) is 17.5 Å². The Morgan fingerprint density at radius 3 is 2.88 bits per heavy atom. The third-order valence-electron chi connectivity index (χ3n) is 2.68. The Hall–Kier alpha value is -1.30. The van der Waals surface area contributed by atoms with Crippen molar-refractivity contribution in [3.63, 3.8) is 0 Å². The van der Waals surface area contributed by atoms with Gasteiger partial charge in [-0.15, -0.1) is 11.3 Å². The summed E-state index contributed by atoms with van der Waals surface area (Å²) in [6, 6.07) is 6.05. The second-order valence-electron chi connectivity index (χ2n) is 3.90. The summed E-state index contributed by atoms with van der Waals surface area (Å²) in [5.74, 6) is 0. The molecule has 0 radical (unpaired) electrons. The molecule has 17 heavy (non-hydrogen) atoms. The Balaban J connectivity index is 2.08. The Bertz CT molecular complexity index is 429. The average molecular weight is 248 g/mol. The van der Waals surface area contributed by atoms with Crippen molar-refractivity contribution >= 4 is 11.3 Å². The maximum atomic E-state index is 5.84. The van der Waals surface area contributed by atoms with E-state index in [2.05, 4.69) is 20.2 Å². The summed E-state index contributed by atoms with van der Waals surface area (Å²) in [6.45, 7) is 1.35. The largest absolute Gasteiger partial charge is 0.329 e. The molecule has 0 spiro atoms. The zero-order chi connectivity index (χ0) is 12.1. The summed E-state index contributed by atoms with van der Waals surface area (Å²) >= 11 is 1.61. The summed E-state index contributed by atoms with van der Waals surface area (Å²) in [7, 11) is 2.05. The number of rotatable bonds is 5. The van der Waals surface area contributed by atoms with Gasteiger partial charge in [0.1, 0.15) is 0 Å². The number of likely N-dealkylation sites (N-methyl/N-ethyl adjacent to an activating group) is 1.